The highest BCUT2D eigenvalue weighted by molar-refractivity contribution is 5.87. The minimum Gasteiger partial charge on any atom is -0.508 e. The van der Waals surface area contributed by atoms with Crippen LogP contribution in [0.4, 0.5) is 0 Å². The zero-order valence-corrected chi connectivity index (χ0v) is 16.4. The van der Waals surface area contributed by atoms with E-state index in [1.807, 2.05) is 30.3 Å². The van der Waals surface area contributed by atoms with Gasteiger partial charge in [-0.15, -0.1) is 0 Å². The molecule has 0 radical (unpaired) electrons. The number of benzene rings is 2. The van der Waals surface area contributed by atoms with E-state index in [0.717, 1.165) is 5.56 Å². The van der Waals surface area contributed by atoms with Gasteiger partial charge in [-0.2, -0.15) is 0 Å². The summed E-state index contributed by atoms with van der Waals surface area (Å²) in [6.45, 7) is 0.678. The second-order valence-corrected chi connectivity index (χ2v) is 6.16. The molecule has 0 aliphatic heterocycles. The summed E-state index contributed by atoms with van der Waals surface area (Å²) in [5.74, 6) is -1.75. The lowest BCUT2D eigenvalue weighted by atomic mass is 10.2. The SMILES string of the molecule is CC(=O)OC(COC(=O)C=Cc1ccccc1)COC(=O)/C=C/c1ccc(O)cc1. The molecule has 0 heterocycles. The van der Waals surface area contributed by atoms with Gasteiger partial charge in [-0.1, -0.05) is 42.5 Å². The van der Waals surface area contributed by atoms with Crippen LogP contribution in [0.15, 0.2) is 66.7 Å². The van der Waals surface area contributed by atoms with E-state index in [1.165, 1.54) is 37.3 Å². The summed E-state index contributed by atoms with van der Waals surface area (Å²) < 4.78 is 15.1. The Kier molecular flexibility index (Phi) is 8.86. The van der Waals surface area contributed by atoms with Gasteiger partial charge in [0.1, 0.15) is 19.0 Å². The Balaban J connectivity index is 1.82. The number of aromatic hydroxyl groups is 1. The maximum atomic E-state index is 11.9. The molecular weight excluding hydrogens is 388 g/mol. The van der Waals surface area contributed by atoms with Gasteiger partial charge in [0, 0.05) is 19.1 Å². The molecule has 7 heteroatoms. The molecule has 7 nitrogen and oxygen atoms in total. The smallest absolute Gasteiger partial charge is 0.330 e. The van der Waals surface area contributed by atoms with Gasteiger partial charge in [0.2, 0.25) is 0 Å². The van der Waals surface area contributed by atoms with Gasteiger partial charge in [0.05, 0.1) is 0 Å². The van der Waals surface area contributed by atoms with Crippen LogP contribution in [-0.4, -0.2) is 42.3 Å². The van der Waals surface area contributed by atoms with E-state index in [1.54, 1.807) is 18.2 Å². The van der Waals surface area contributed by atoms with Crippen LogP contribution in [0.3, 0.4) is 0 Å². The predicted octanol–water partition coefficient (Wildman–Crippen LogP) is 3.14. The van der Waals surface area contributed by atoms with Crippen molar-refractivity contribution in [1.29, 1.82) is 0 Å². The van der Waals surface area contributed by atoms with Gasteiger partial charge in [0.25, 0.3) is 0 Å². The minimum absolute atomic E-state index is 0.118. The quantitative estimate of drug-likeness (QED) is 0.385. The molecule has 0 fully saturated rings. The number of carbonyl (C=O) groups is 3. The summed E-state index contributed by atoms with van der Waals surface area (Å²) >= 11 is 0. The Labute approximate surface area is 174 Å². The van der Waals surface area contributed by atoms with Crippen LogP contribution in [0.1, 0.15) is 18.1 Å². The van der Waals surface area contributed by atoms with Crippen molar-refractivity contribution in [3.63, 3.8) is 0 Å². The van der Waals surface area contributed by atoms with E-state index in [2.05, 4.69) is 0 Å². The van der Waals surface area contributed by atoms with Crippen molar-refractivity contribution in [3.05, 3.63) is 77.9 Å². The highest BCUT2D eigenvalue weighted by atomic mass is 16.6. The molecule has 0 bridgehead atoms. The molecule has 30 heavy (non-hydrogen) atoms. The first-order valence-corrected chi connectivity index (χ1v) is 9.13. The molecule has 2 rings (SSSR count). The molecule has 0 aliphatic carbocycles. The maximum Gasteiger partial charge on any atom is 0.330 e. The van der Waals surface area contributed by atoms with E-state index >= 15 is 0 Å². The third kappa shape index (κ3) is 8.88. The molecule has 0 aromatic heterocycles. The van der Waals surface area contributed by atoms with Crippen LogP contribution in [-0.2, 0) is 28.6 Å². The zero-order valence-electron chi connectivity index (χ0n) is 16.4. The summed E-state index contributed by atoms with van der Waals surface area (Å²) in [7, 11) is 0. The van der Waals surface area contributed by atoms with Crippen LogP contribution in [0.2, 0.25) is 0 Å². The topological polar surface area (TPSA) is 99.1 Å². The third-order valence-corrected chi connectivity index (χ3v) is 3.67. The van der Waals surface area contributed by atoms with Gasteiger partial charge in [-0.05, 0) is 35.4 Å². The normalized spacial score (nSPS) is 11.9. The van der Waals surface area contributed by atoms with Gasteiger partial charge in [-0.3, -0.25) is 4.79 Å². The number of phenols is 1. The highest BCUT2D eigenvalue weighted by Gasteiger charge is 2.16. The highest BCUT2D eigenvalue weighted by Crippen LogP contribution is 2.11. The van der Waals surface area contributed by atoms with Gasteiger partial charge in [0.15, 0.2) is 6.10 Å². The molecule has 1 N–H and O–H groups in total. The third-order valence-electron chi connectivity index (χ3n) is 3.67. The van der Waals surface area contributed by atoms with Crippen LogP contribution >= 0.6 is 0 Å². The van der Waals surface area contributed by atoms with Gasteiger partial charge in [-0.25, -0.2) is 9.59 Å². The van der Waals surface area contributed by atoms with E-state index in [0.29, 0.717) is 5.56 Å². The number of phenolic OH excluding ortho intramolecular Hbond substituents is 1. The number of carbonyl (C=O) groups excluding carboxylic acids is 3. The van der Waals surface area contributed by atoms with Crippen molar-refractivity contribution in [1.82, 2.24) is 0 Å². The molecule has 0 saturated heterocycles. The Hall–Kier alpha value is -3.87. The van der Waals surface area contributed by atoms with Crippen LogP contribution in [0.25, 0.3) is 12.2 Å². The zero-order chi connectivity index (χ0) is 21.8. The molecule has 0 spiro atoms. The van der Waals surface area contributed by atoms with E-state index < -0.39 is 24.0 Å². The molecule has 0 aliphatic rings. The first-order valence-electron chi connectivity index (χ1n) is 9.13. The maximum absolute atomic E-state index is 11.9. The largest absolute Gasteiger partial charge is 0.508 e. The molecule has 2 aromatic carbocycles. The summed E-state index contributed by atoms with van der Waals surface area (Å²) in [6.07, 6.45) is 4.63. The first kappa shape index (κ1) is 22.4. The number of hydrogen-bond donors (Lipinski definition) is 1. The number of rotatable bonds is 9. The lowest BCUT2D eigenvalue weighted by Gasteiger charge is -2.16. The summed E-state index contributed by atoms with van der Waals surface area (Å²) in [5, 5.41) is 9.24. The molecule has 0 amide bonds. The van der Waals surface area contributed by atoms with Crippen LogP contribution in [0, 0.1) is 0 Å². The fourth-order valence-corrected chi connectivity index (χ4v) is 2.28. The van der Waals surface area contributed by atoms with Crippen molar-refractivity contribution >= 4 is 30.1 Å². The molecule has 0 saturated carbocycles. The Morgan fingerprint density at radius 1 is 0.833 bits per heavy atom. The van der Waals surface area contributed by atoms with Crippen molar-refractivity contribution in [3.8, 4) is 5.75 Å². The van der Waals surface area contributed by atoms with Crippen molar-refractivity contribution in [2.75, 3.05) is 13.2 Å². The number of hydrogen-bond acceptors (Lipinski definition) is 7. The Morgan fingerprint density at radius 2 is 1.33 bits per heavy atom. The first-order chi connectivity index (χ1) is 14.4. The van der Waals surface area contributed by atoms with Crippen LogP contribution in [0.5, 0.6) is 5.75 Å². The summed E-state index contributed by atoms with van der Waals surface area (Å²) in [5.41, 5.74) is 1.53. The Bertz CT molecular complexity index is 899. The average Bonchev–Trinajstić information content (AvgIpc) is 2.74. The van der Waals surface area contributed by atoms with Crippen molar-refractivity contribution in [2.24, 2.45) is 0 Å². The molecule has 1 atom stereocenters. The number of esters is 3. The predicted molar refractivity (Wildman–Crippen MR) is 110 cm³/mol. The van der Waals surface area contributed by atoms with E-state index in [-0.39, 0.29) is 19.0 Å². The molecule has 1 unspecified atom stereocenters. The molecule has 156 valence electrons. The lowest BCUT2D eigenvalue weighted by Crippen LogP contribution is -2.29. The standard InChI is InChI=1S/C23H22O7/c1-17(24)30-21(15-28-22(26)13-9-18-5-3-2-4-6-18)16-29-23(27)14-10-19-7-11-20(25)12-8-19/h2-14,21,25H,15-16H2,1H3/b13-9?,14-10+. The monoisotopic (exact) mass is 410 g/mol. The lowest BCUT2D eigenvalue weighted by molar-refractivity contribution is -0.162. The summed E-state index contributed by atoms with van der Waals surface area (Å²) in [6, 6.07) is 15.4. The fourth-order valence-electron chi connectivity index (χ4n) is 2.28. The Morgan fingerprint density at radius 3 is 1.83 bits per heavy atom. The van der Waals surface area contributed by atoms with Gasteiger partial charge < -0.3 is 19.3 Å². The van der Waals surface area contributed by atoms with Crippen molar-refractivity contribution < 1.29 is 33.7 Å². The van der Waals surface area contributed by atoms with E-state index in [9.17, 15) is 19.5 Å². The second kappa shape index (κ2) is 11.9. The van der Waals surface area contributed by atoms with Gasteiger partial charge >= 0.3 is 17.9 Å². The molecular formula is C23H22O7. The van der Waals surface area contributed by atoms with E-state index in [4.69, 9.17) is 14.2 Å². The average molecular weight is 410 g/mol. The fraction of sp³-hybridized carbons (Fsp3) is 0.174. The molecule has 2 aromatic rings. The minimum atomic E-state index is -0.928. The second-order valence-electron chi connectivity index (χ2n) is 6.16. The van der Waals surface area contributed by atoms with Crippen LogP contribution < -0.4 is 0 Å². The van der Waals surface area contributed by atoms with Crippen molar-refractivity contribution in [2.45, 2.75) is 13.0 Å². The summed E-state index contributed by atoms with van der Waals surface area (Å²) in [4.78, 5) is 34.9. The number of ether oxygens (including phenoxy) is 3.